The molecule has 2 aromatic carbocycles. The summed E-state index contributed by atoms with van der Waals surface area (Å²) in [5.41, 5.74) is 6.87. The van der Waals surface area contributed by atoms with Gasteiger partial charge in [-0.25, -0.2) is 0 Å². The number of hydrogen-bond donors (Lipinski definition) is 0. The Morgan fingerprint density at radius 3 is 1.23 bits per heavy atom. The van der Waals surface area contributed by atoms with Crippen molar-refractivity contribution in [3.05, 3.63) is 70.8 Å². The van der Waals surface area contributed by atoms with Crippen molar-refractivity contribution < 1.29 is 0 Å². The zero-order valence-electron chi connectivity index (χ0n) is 13.9. The Hall–Kier alpha value is -2.22. The van der Waals surface area contributed by atoms with Gasteiger partial charge < -0.3 is 0 Å². The van der Waals surface area contributed by atoms with Crippen molar-refractivity contribution in [1.82, 2.24) is 0 Å². The van der Waals surface area contributed by atoms with Crippen LogP contribution >= 0.6 is 0 Å². The van der Waals surface area contributed by atoms with Gasteiger partial charge >= 0.3 is 0 Å². The van der Waals surface area contributed by atoms with E-state index >= 15 is 0 Å². The van der Waals surface area contributed by atoms with E-state index in [-0.39, 0.29) is 0 Å². The highest BCUT2D eigenvalue weighted by Gasteiger charge is 2.03. The molecule has 0 aliphatic rings. The maximum absolute atomic E-state index is 4.52. The molecule has 0 saturated carbocycles. The molecule has 0 bridgehead atoms. The molecule has 2 rings (SSSR count). The second-order valence-electron chi connectivity index (χ2n) is 5.53. The Morgan fingerprint density at radius 1 is 0.636 bits per heavy atom. The lowest BCUT2D eigenvalue weighted by Gasteiger charge is -2.05. The highest BCUT2D eigenvalue weighted by atomic mass is 15.2. The second kappa shape index (κ2) is 7.69. The lowest BCUT2D eigenvalue weighted by molar-refractivity contribution is 1.13. The zero-order valence-corrected chi connectivity index (χ0v) is 13.9. The van der Waals surface area contributed by atoms with Gasteiger partial charge in [-0.3, -0.25) is 0 Å². The van der Waals surface area contributed by atoms with E-state index < -0.39 is 0 Å². The fraction of sp³-hybridized carbons (Fsp3) is 0.300. The molecule has 0 fully saturated rings. The van der Waals surface area contributed by atoms with Crippen molar-refractivity contribution in [3.8, 4) is 0 Å². The molecule has 0 saturated heterocycles. The average molecular weight is 292 g/mol. The van der Waals surface area contributed by atoms with E-state index in [0.717, 1.165) is 35.4 Å². The molecule has 114 valence electrons. The number of rotatable bonds is 5. The van der Waals surface area contributed by atoms with Crippen LogP contribution in [0, 0.1) is 13.8 Å². The van der Waals surface area contributed by atoms with Gasteiger partial charge in [0.25, 0.3) is 0 Å². The summed E-state index contributed by atoms with van der Waals surface area (Å²) in [6, 6.07) is 16.9. The topological polar surface area (TPSA) is 24.7 Å². The zero-order chi connectivity index (χ0) is 15.9. The molecular weight excluding hydrogens is 268 g/mol. The van der Waals surface area contributed by atoms with Crippen molar-refractivity contribution in [1.29, 1.82) is 0 Å². The van der Waals surface area contributed by atoms with Crippen molar-refractivity contribution in [2.45, 2.75) is 40.5 Å². The van der Waals surface area contributed by atoms with Gasteiger partial charge in [-0.15, -0.1) is 0 Å². The number of nitrogens with zero attached hydrogens (tertiary/aromatic N) is 2. The number of aryl methyl sites for hydroxylation is 2. The minimum atomic E-state index is 0.872. The highest BCUT2D eigenvalue weighted by Crippen LogP contribution is 2.10. The van der Waals surface area contributed by atoms with Crippen LogP contribution in [-0.4, -0.2) is 11.4 Å². The largest absolute Gasteiger partial charge is 0.155 e. The molecule has 0 N–H and O–H groups in total. The third kappa shape index (κ3) is 4.14. The van der Waals surface area contributed by atoms with Crippen molar-refractivity contribution in [2.75, 3.05) is 0 Å². The van der Waals surface area contributed by atoms with Gasteiger partial charge in [-0.1, -0.05) is 73.5 Å². The van der Waals surface area contributed by atoms with Gasteiger partial charge in [0.05, 0.1) is 11.4 Å². The molecule has 0 aromatic heterocycles. The summed E-state index contributed by atoms with van der Waals surface area (Å²) in [4.78, 5) is 0. The fourth-order valence-electron chi connectivity index (χ4n) is 2.28. The molecule has 2 heteroatoms. The first-order valence-corrected chi connectivity index (χ1v) is 7.91. The van der Waals surface area contributed by atoms with Crippen LogP contribution < -0.4 is 0 Å². The quantitative estimate of drug-likeness (QED) is 0.526. The Bertz CT molecular complexity index is 600. The Kier molecular flexibility index (Phi) is 5.65. The van der Waals surface area contributed by atoms with Crippen LogP contribution in [0.2, 0.25) is 0 Å². The van der Waals surface area contributed by atoms with Crippen LogP contribution in [0.15, 0.2) is 58.7 Å². The predicted molar refractivity (Wildman–Crippen MR) is 96.0 cm³/mol. The van der Waals surface area contributed by atoms with Crippen LogP contribution in [0.1, 0.15) is 48.9 Å². The molecular formula is C20H24N2. The summed E-state index contributed by atoms with van der Waals surface area (Å²) in [7, 11) is 0. The van der Waals surface area contributed by atoms with Gasteiger partial charge in [0.15, 0.2) is 0 Å². The Balaban J connectivity index is 2.31. The van der Waals surface area contributed by atoms with Gasteiger partial charge in [-0.05, 0) is 37.8 Å². The second-order valence-corrected chi connectivity index (χ2v) is 5.53. The minimum absolute atomic E-state index is 0.872. The first-order chi connectivity index (χ1) is 10.6. The maximum Gasteiger partial charge on any atom is 0.0700 e. The van der Waals surface area contributed by atoms with Crippen molar-refractivity contribution >= 4 is 11.4 Å². The minimum Gasteiger partial charge on any atom is -0.155 e. The van der Waals surface area contributed by atoms with E-state index in [1.807, 2.05) is 0 Å². The van der Waals surface area contributed by atoms with E-state index in [4.69, 9.17) is 0 Å². The molecule has 0 unspecified atom stereocenters. The van der Waals surface area contributed by atoms with E-state index in [2.05, 4.69) is 86.4 Å². The van der Waals surface area contributed by atoms with Gasteiger partial charge in [0, 0.05) is 0 Å². The first-order valence-electron chi connectivity index (χ1n) is 7.91. The Morgan fingerprint density at radius 2 is 0.955 bits per heavy atom. The summed E-state index contributed by atoms with van der Waals surface area (Å²) in [5.74, 6) is 0. The van der Waals surface area contributed by atoms with Gasteiger partial charge in [-0.2, -0.15) is 10.2 Å². The molecule has 0 spiro atoms. The van der Waals surface area contributed by atoms with Crippen LogP contribution in [0.5, 0.6) is 0 Å². The number of benzene rings is 2. The molecule has 0 heterocycles. The lowest BCUT2D eigenvalue weighted by Crippen LogP contribution is -2.02. The average Bonchev–Trinajstić information content (AvgIpc) is 2.54. The van der Waals surface area contributed by atoms with Crippen molar-refractivity contribution in [3.63, 3.8) is 0 Å². The molecule has 0 aliphatic heterocycles. The number of hydrogen-bond acceptors (Lipinski definition) is 2. The van der Waals surface area contributed by atoms with Gasteiger partial charge in [0.2, 0.25) is 0 Å². The van der Waals surface area contributed by atoms with Crippen molar-refractivity contribution in [2.24, 2.45) is 10.2 Å². The molecule has 0 aliphatic carbocycles. The Labute approximate surface area is 133 Å². The SMILES string of the molecule is CC/C(=N\N=C(/CC)c1ccc(C)cc1)c1ccc(C)cc1. The fourth-order valence-corrected chi connectivity index (χ4v) is 2.28. The standard InChI is InChI=1S/C20H24N2/c1-5-19(17-11-7-15(3)8-12-17)21-22-20(6-2)18-13-9-16(4)10-14-18/h7-14H,5-6H2,1-4H3/b21-19+,22-20+. The molecule has 22 heavy (non-hydrogen) atoms. The molecule has 2 aromatic rings. The summed E-state index contributed by atoms with van der Waals surface area (Å²) in [6.45, 7) is 8.42. The molecule has 2 nitrogen and oxygen atoms in total. The normalized spacial score (nSPS) is 12.5. The summed E-state index contributed by atoms with van der Waals surface area (Å²) >= 11 is 0. The first kappa shape index (κ1) is 16.2. The summed E-state index contributed by atoms with van der Waals surface area (Å²) < 4.78 is 0. The van der Waals surface area contributed by atoms with E-state index in [0.29, 0.717) is 0 Å². The smallest absolute Gasteiger partial charge is 0.0700 e. The third-order valence-corrected chi connectivity index (χ3v) is 3.73. The molecule has 0 atom stereocenters. The predicted octanol–water partition coefficient (Wildman–Crippen LogP) is 5.32. The van der Waals surface area contributed by atoms with Crippen LogP contribution in [0.3, 0.4) is 0 Å². The lowest BCUT2D eigenvalue weighted by atomic mass is 10.1. The molecule has 0 amide bonds. The maximum atomic E-state index is 4.52. The van der Waals surface area contributed by atoms with Gasteiger partial charge in [0.1, 0.15) is 0 Å². The van der Waals surface area contributed by atoms with E-state index in [9.17, 15) is 0 Å². The van der Waals surface area contributed by atoms with Crippen LogP contribution in [0.25, 0.3) is 0 Å². The third-order valence-electron chi connectivity index (χ3n) is 3.73. The van der Waals surface area contributed by atoms with E-state index in [1.165, 1.54) is 11.1 Å². The summed E-state index contributed by atoms with van der Waals surface area (Å²) in [5, 5.41) is 9.03. The van der Waals surface area contributed by atoms with Crippen LogP contribution in [0.4, 0.5) is 0 Å². The molecule has 0 radical (unpaired) electrons. The highest BCUT2D eigenvalue weighted by molar-refractivity contribution is 6.03. The summed E-state index contributed by atoms with van der Waals surface area (Å²) in [6.07, 6.45) is 1.74. The van der Waals surface area contributed by atoms with E-state index in [1.54, 1.807) is 0 Å². The monoisotopic (exact) mass is 292 g/mol. The van der Waals surface area contributed by atoms with Crippen LogP contribution in [-0.2, 0) is 0 Å².